The van der Waals surface area contributed by atoms with Gasteiger partial charge in [0.2, 0.25) is 5.91 Å². The van der Waals surface area contributed by atoms with E-state index in [4.69, 9.17) is 0 Å². The maximum absolute atomic E-state index is 11.9. The summed E-state index contributed by atoms with van der Waals surface area (Å²) in [6.07, 6.45) is 4.73. The highest BCUT2D eigenvalue weighted by Crippen LogP contribution is 2.18. The maximum Gasteiger partial charge on any atom is 0.246 e. The monoisotopic (exact) mass is 286 g/mol. The summed E-state index contributed by atoms with van der Waals surface area (Å²) in [6.45, 7) is 4.13. The third kappa shape index (κ3) is 2.71. The molecular weight excluding hydrogens is 272 g/mol. The molecule has 0 atom stereocenters. The molecule has 3 heterocycles. The Bertz CT molecular complexity index is 761. The quantitative estimate of drug-likeness (QED) is 0.754. The number of amides is 1. The average Bonchev–Trinajstić information content (AvgIpc) is 3.06. The molecule has 3 aromatic rings. The van der Waals surface area contributed by atoms with Gasteiger partial charge in [0.1, 0.15) is 12.9 Å². The van der Waals surface area contributed by atoms with E-state index in [1.165, 1.54) is 11.0 Å². The SMILES string of the molecule is CC(C)n1ncc2cc(NC(=O)Cn3cnnn3)cnc21. The molecule has 0 fully saturated rings. The summed E-state index contributed by atoms with van der Waals surface area (Å²) in [6, 6.07) is 2.07. The lowest BCUT2D eigenvalue weighted by Gasteiger charge is -2.07. The van der Waals surface area contributed by atoms with Crippen molar-refractivity contribution in [1.82, 2.24) is 35.0 Å². The molecule has 108 valence electrons. The van der Waals surface area contributed by atoms with E-state index >= 15 is 0 Å². The molecular formula is C12H14N8O. The highest BCUT2D eigenvalue weighted by Gasteiger charge is 2.09. The Morgan fingerprint density at radius 2 is 2.24 bits per heavy atom. The Labute approximate surface area is 120 Å². The van der Waals surface area contributed by atoms with E-state index in [0.29, 0.717) is 5.69 Å². The Hall–Kier alpha value is -2.84. The van der Waals surface area contributed by atoms with Gasteiger partial charge in [-0.15, -0.1) is 5.10 Å². The molecule has 0 spiro atoms. The van der Waals surface area contributed by atoms with Crippen molar-refractivity contribution >= 4 is 22.6 Å². The lowest BCUT2D eigenvalue weighted by Crippen LogP contribution is -2.19. The van der Waals surface area contributed by atoms with Crippen molar-refractivity contribution in [3.05, 3.63) is 24.8 Å². The summed E-state index contributed by atoms with van der Waals surface area (Å²) in [4.78, 5) is 16.2. The van der Waals surface area contributed by atoms with Crippen LogP contribution in [0.15, 0.2) is 24.8 Å². The fourth-order valence-corrected chi connectivity index (χ4v) is 1.99. The highest BCUT2D eigenvalue weighted by atomic mass is 16.2. The van der Waals surface area contributed by atoms with Crippen LogP contribution < -0.4 is 5.32 Å². The number of tetrazole rings is 1. The molecule has 3 aromatic heterocycles. The number of carbonyl (C=O) groups excluding carboxylic acids is 1. The molecule has 0 saturated heterocycles. The number of rotatable bonds is 4. The van der Waals surface area contributed by atoms with Crippen LogP contribution in [0.5, 0.6) is 0 Å². The lowest BCUT2D eigenvalue weighted by molar-refractivity contribution is -0.116. The smallest absolute Gasteiger partial charge is 0.246 e. The molecule has 0 bridgehead atoms. The number of anilines is 1. The molecule has 0 aliphatic heterocycles. The van der Waals surface area contributed by atoms with E-state index in [0.717, 1.165) is 11.0 Å². The number of hydrogen-bond donors (Lipinski definition) is 1. The molecule has 0 unspecified atom stereocenters. The molecule has 0 aromatic carbocycles. The zero-order valence-corrected chi connectivity index (χ0v) is 11.6. The van der Waals surface area contributed by atoms with Crippen molar-refractivity contribution in [2.45, 2.75) is 26.4 Å². The number of nitrogens with zero attached hydrogens (tertiary/aromatic N) is 7. The fraction of sp³-hybridized carbons (Fsp3) is 0.333. The molecule has 9 nitrogen and oxygen atoms in total. The Morgan fingerprint density at radius 1 is 1.38 bits per heavy atom. The van der Waals surface area contributed by atoms with E-state index < -0.39 is 0 Å². The van der Waals surface area contributed by atoms with Crippen molar-refractivity contribution in [1.29, 1.82) is 0 Å². The topological polar surface area (TPSA) is 103 Å². The van der Waals surface area contributed by atoms with Crippen molar-refractivity contribution in [2.75, 3.05) is 5.32 Å². The second-order valence-electron chi connectivity index (χ2n) is 4.88. The summed E-state index contributed by atoms with van der Waals surface area (Å²) in [5.41, 5.74) is 1.41. The number of fused-ring (bicyclic) bond motifs is 1. The lowest BCUT2D eigenvalue weighted by atomic mass is 10.3. The second-order valence-corrected chi connectivity index (χ2v) is 4.88. The summed E-state index contributed by atoms with van der Waals surface area (Å²) in [7, 11) is 0. The summed E-state index contributed by atoms with van der Waals surface area (Å²) in [5, 5.41) is 18.5. The van der Waals surface area contributed by atoms with Gasteiger partial charge in [0.25, 0.3) is 0 Å². The van der Waals surface area contributed by atoms with Crippen LogP contribution in [0.25, 0.3) is 11.0 Å². The second kappa shape index (κ2) is 5.27. The number of pyridine rings is 1. The summed E-state index contributed by atoms with van der Waals surface area (Å²) < 4.78 is 3.18. The maximum atomic E-state index is 11.9. The van der Waals surface area contributed by atoms with Gasteiger partial charge in [-0.2, -0.15) is 5.10 Å². The Morgan fingerprint density at radius 3 is 2.95 bits per heavy atom. The molecule has 3 rings (SSSR count). The molecule has 0 aliphatic rings. The highest BCUT2D eigenvalue weighted by molar-refractivity contribution is 5.92. The number of aromatic nitrogens is 7. The van der Waals surface area contributed by atoms with Crippen molar-refractivity contribution in [3.8, 4) is 0 Å². The van der Waals surface area contributed by atoms with Gasteiger partial charge in [-0.05, 0) is 30.3 Å². The molecule has 1 N–H and O–H groups in total. The first kappa shape index (κ1) is 13.2. The zero-order chi connectivity index (χ0) is 14.8. The Balaban J connectivity index is 1.77. The average molecular weight is 286 g/mol. The summed E-state index contributed by atoms with van der Waals surface area (Å²) in [5.74, 6) is -0.222. The van der Waals surface area contributed by atoms with Crippen LogP contribution in [-0.2, 0) is 11.3 Å². The largest absolute Gasteiger partial charge is 0.323 e. The van der Waals surface area contributed by atoms with E-state index in [-0.39, 0.29) is 18.5 Å². The fourth-order valence-electron chi connectivity index (χ4n) is 1.99. The van der Waals surface area contributed by atoms with Gasteiger partial charge in [-0.25, -0.2) is 14.3 Å². The number of carbonyl (C=O) groups is 1. The standard InChI is InChI=1S/C12H14N8O/c1-8(2)20-12-9(4-15-20)3-10(5-13-12)16-11(21)6-19-7-14-17-18-19/h3-5,7-8H,6H2,1-2H3,(H,16,21). The third-order valence-electron chi connectivity index (χ3n) is 2.90. The van der Waals surface area contributed by atoms with Crippen LogP contribution >= 0.6 is 0 Å². The van der Waals surface area contributed by atoms with Crippen LogP contribution in [0.2, 0.25) is 0 Å². The molecule has 9 heteroatoms. The van der Waals surface area contributed by atoms with Crippen LogP contribution in [0.3, 0.4) is 0 Å². The molecule has 21 heavy (non-hydrogen) atoms. The van der Waals surface area contributed by atoms with Crippen LogP contribution in [0.1, 0.15) is 19.9 Å². The summed E-state index contributed by atoms with van der Waals surface area (Å²) >= 11 is 0. The van der Waals surface area contributed by atoms with Crippen molar-refractivity contribution in [3.63, 3.8) is 0 Å². The number of hydrogen-bond acceptors (Lipinski definition) is 6. The first-order chi connectivity index (χ1) is 10.1. The number of nitrogens with one attached hydrogen (secondary N) is 1. The molecule has 0 radical (unpaired) electrons. The van der Waals surface area contributed by atoms with Crippen LogP contribution in [0.4, 0.5) is 5.69 Å². The van der Waals surface area contributed by atoms with Crippen molar-refractivity contribution < 1.29 is 4.79 Å². The minimum atomic E-state index is -0.222. The van der Waals surface area contributed by atoms with E-state index in [1.807, 2.05) is 24.6 Å². The van der Waals surface area contributed by atoms with Gasteiger partial charge >= 0.3 is 0 Å². The molecule has 0 aliphatic carbocycles. The first-order valence-electron chi connectivity index (χ1n) is 6.47. The van der Waals surface area contributed by atoms with E-state index in [2.05, 4.69) is 30.9 Å². The molecule has 0 saturated carbocycles. The predicted molar refractivity (Wildman–Crippen MR) is 74.4 cm³/mol. The van der Waals surface area contributed by atoms with Crippen LogP contribution in [0, 0.1) is 0 Å². The van der Waals surface area contributed by atoms with E-state index in [9.17, 15) is 4.79 Å². The Kier molecular flexibility index (Phi) is 3.30. The van der Waals surface area contributed by atoms with E-state index in [1.54, 1.807) is 12.4 Å². The predicted octanol–water partition coefficient (Wildman–Crippen LogP) is 0.637. The zero-order valence-electron chi connectivity index (χ0n) is 11.6. The van der Waals surface area contributed by atoms with Crippen LogP contribution in [-0.4, -0.2) is 40.9 Å². The van der Waals surface area contributed by atoms with Crippen molar-refractivity contribution in [2.24, 2.45) is 0 Å². The minimum absolute atomic E-state index is 0.0519. The van der Waals surface area contributed by atoms with Gasteiger partial charge in [-0.1, -0.05) is 0 Å². The van der Waals surface area contributed by atoms with Gasteiger partial charge in [-0.3, -0.25) is 4.79 Å². The van der Waals surface area contributed by atoms with Gasteiger partial charge in [0, 0.05) is 11.4 Å². The minimum Gasteiger partial charge on any atom is -0.323 e. The normalized spacial score (nSPS) is 11.2. The van der Waals surface area contributed by atoms with Gasteiger partial charge < -0.3 is 5.32 Å². The van der Waals surface area contributed by atoms with Gasteiger partial charge in [0.05, 0.1) is 18.1 Å². The third-order valence-corrected chi connectivity index (χ3v) is 2.90. The first-order valence-corrected chi connectivity index (χ1v) is 6.47. The molecule has 1 amide bonds. The van der Waals surface area contributed by atoms with Gasteiger partial charge in [0.15, 0.2) is 5.65 Å².